The summed E-state index contributed by atoms with van der Waals surface area (Å²) in [5, 5.41) is 0. The van der Waals surface area contributed by atoms with Gasteiger partial charge in [0.2, 0.25) is 0 Å². The fourth-order valence-corrected chi connectivity index (χ4v) is 2.65. The van der Waals surface area contributed by atoms with Gasteiger partial charge in [-0.2, -0.15) is 0 Å². The summed E-state index contributed by atoms with van der Waals surface area (Å²) in [6.07, 6.45) is 6.60. The third kappa shape index (κ3) is 11.6. The van der Waals surface area contributed by atoms with Crippen molar-refractivity contribution >= 4 is 5.78 Å². The quantitative estimate of drug-likeness (QED) is 0.237. The van der Waals surface area contributed by atoms with E-state index in [1.807, 2.05) is 6.92 Å². The van der Waals surface area contributed by atoms with Gasteiger partial charge in [0.15, 0.2) is 17.4 Å². The third-order valence-corrected chi connectivity index (χ3v) is 5.60. The summed E-state index contributed by atoms with van der Waals surface area (Å²) < 4.78 is 28.1. The monoisotopic (exact) mass is 398 g/mol. The van der Waals surface area contributed by atoms with Crippen molar-refractivity contribution in [2.24, 2.45) is 23.7 Å². The van der Waals surface area contributed by atoms with Crippen LogP contribution in [0.25, 0.3) is 0 Å². The van der Waals surface area contributed by atoms with Gasteiger partial charge in [0, 0.05) is 5.57 Å². The number of carbonyl (C=O) groups excluding carboxylic acids is 1. The lowest BCUT2D eigenvalue weighted by Gasteiger charge is -2.23. The fourth-order valence-electron chi connectivity index (χ4n) is 2.65. The zero-order valence-corrected chi connectivity index (χ0v) is 19.6. The molecular weight excluding hydrogens is 354 g/mol. The van der Waals surface area contributed by atoms with Gasteiger partial charge in [-0.05, 0) is 49.0 Å². The highest BCUT2D eigenvalue weighted by Gasteiger charge is 2.21. The van der Waals surface area contributed by atoms with Crippen LogP contribution in [0.4, 0.5) is 8.78 Å². The molecule has 1 nitrogen and oxygen atoms in total. The van der Waals surface area contributed by atoms with Gasteiger partial charge in [-0.25, -0.2) is 8.78 Å². The van der Waals surface area contributed by atoms with E-state index in [2.05, 4.69) is 54.7 Å². The van der Waals surface area contributed by atoms with Gasteiger partial charge in [-0.15, -0.1) is 0 Å². The van der Waals surface area contributed by atoms with Crippen molar-refractivity contribution in [2.75, 3.05) is 0 Å². The van der Waals surface area contributed by atoms with Crippen LogP contribution in [0.15, 0.2) is 36.0 Å². The maximum atomic E-state index is 14.2. The highest BCUT2D eigenvalue weighted by Crippen LogP contribution is 2.32. The Morgan fingerprint density at radius 2 is 1.25 bits per heavy atom. The number of allylic oxidation sites excluding steroid dienone is 4. The van der Waals surface area contributed by atoms with E-state index in [4.69, 9.17) is 0 Å². The zero-order chi connectivity index (χ0) is 22.4. The second kappa shape index (κ2) is 15.6. The Hall–Kier alpha value is -1.25. The summed E-state index contributed by atoms with van der Waals surface area (Å²) in [6, 6.07) is 0. The lowest BCUT2D eigenvalue weighted by Crippen LogP contribution is -2.12. The first-order valence-electron chi connectivity index (χ1n) is 10.9. The van der Waals surface area contributed by atoms with E-state index in [1.165, 1.54) is 32.6 Å². The number of hydrogen-bond donors (Lipinski definition) is 0. The van der Waals surface area contributed by atoms with Crippen molar-refractivity contribution in [1.82, 2.24) is 0 Å². The first-order chi connectivity index (χ1) is 12.9. The molecule has 28 heavy (non-hydrogen) atoms. The van der Waals surface area contributed by atoms with Gasteiger partial charge in [-0.3, -0.25) is 4.79 Å². The Balaban J connectivity index is 0. The maximum absolute atomic E-state index is 14.2. The molecular formula is C25H44F2O. The Labute approximate surface area is 173 Å². The molecule has 4 atom stereocenters. The Morgan fingerprint density at radius 1 is 0.821 bits per heavy atom. The minimum atomic E-state index is -1.18. The van der Waals surface area contributed by atoms with Crippen LogP contribution < -0.4 is 0 Å². The summed E-state index contributed by atoms with van der Waals surface area (Å²) in [6.45, 7) is 23.2. The summed E-state index contributed by atoms with van der Waals surface area (Å²) in [5.41, 5.74) is -0.322. The molecule has 0 bridgehead atoms. The molecule has 0 amide bonds. The number of hydrogen-bond acceptors (Lipinski definition) is 1. The number of rotatable bonds is 12. The van der Waals surface area contributed by atoms with Gasteiger partial charge >= 0.3 is 0 Å². The molecule has 0 aliphatic carbocycles. The predicted molar refractivity (Wildman–Crippen MR) is 120 cm³/mol. The standard InChI is InChI=1S/C22H36F2O.C3H8/c1-9-14(2)10-11-15(3)16(4)12-13-17(5)18(6)21(23)22(24)19(7)20(8)25;1-3-2/h14-17H,6-7,9-13H2,1-5,8H3;3H2,1-2H3/b22-21-;. The van der Waals surface area contributed by atoms with Crippen molar-refractivity contribution in [2.45, 2.75) is 93.9 Å². The topological polar surface area (TPSA) is 17.1 Å². The first-order valence-corrected chi connectivity index (χ1v) is 10.9. The molecule has 0 rings (SSSR count). The summed E-state index contributed by atoms with van der Waals surface area (Å²) >= 11 is 0. The van der Waals surface area contributed by atoms with Crippen LogP contribution in [-0.2, 0) is 4.79 Å². The molecule has 3 heteroatoms. The van der Waals surface area contributed by atoms with Crippen molar-refractivity contribution in [3.05, 3.63) is 36.0 Å². The van der Waals surface area contributed by atoms with Crippen LogP contribution >= 0.6 is 0 Å². The highest BCUT2D eigenvalue weighted by molar-refractivity contribution is 5.96. The van der Waals surface area contributed by atoms with Gasteiger partial charge in [0.1, 0.15) is 0 Å². The van der Waals surface area contributed by atoms with E-state index in [-0.39, 0.29) is 11.5 Å². The second-order valence-corrected chi connectivity index (χ2v) is 8.42. The Bertz CT molecular complexity index is 519. The third-order valence-electron chi connectivity index (χ3n) is 5.60. The van der Waals surface area contributed by atoms with Crippen molar-refractivity contribution in [3.63, 3.8) is 0 Å². The smallest absolute Gasteiger partial charge is 0.169 e. The largest absolute Gasteiger partial charge is 0.294 e. The summed E-state index contributed by atoms with van der Waals surface area (Å²) in [4.78, 5) is 11.1. The molecule has 0 fully saturated rings. The van der Waals surface area contributed by atoms with E-state index in [9.17, 15) is 13.6 Å². The van der Waals surface area contributed by atoms with Gasteiger partial charge < -0.3 is 0 Å². The molecule has 0 N–H and O–H groups in total. The SMILES string of the molecule is C=C(C(C)=O)/C(F)=C(/F)C(=C)C(C)CCC(C)C(C)CCC(C)CC.CCC. The molecule has 164 valence electrons. The molecule has 0 aromatic heterocycles. The van der Waals surface area contributed by atoms with E-state index < -0.39 is 23.0 Å². The highest BCUT2D eigenvalue weighted by atomic mass is 19.2. The van der Waals surface area contributed by atoms with E-state index in [1.54, 1.807) is 0 Å². The Morgan fingerprint density at radius 3 is 1.64 bits per heavy atom. The lowest BCUT2D eigenvalue weighted by molar-refractivity contribution is -0.113. The maximum Gasteiger partial charge on any atom is 0.169 e. The average molecular weight is 399 g/mol. The van der Waals surface area contributed by atoms with Crippen LogP contribution in [0.3, 0.4) is 0 Å². The predicted octanol–water partition coefficient (Wildman–Crippen LogP) is 8.77. The van der Waals surface area contributed by atoms with Crippen LogP contribution in [0.1, 0.15) is 93.9 Å². The number of Topliss-reactive ketones (excluding diaryl/α,β-unsaturated/α-hetero) is 1. The van der Waals surface area contributed by atoms with E-state index in [0.717, 1.165) is 18.8 Å². The van der Waals surface area contributed by atoms with Gasteiger partial charge in [0.05, 0.1) is 0 Å². The first kappa shape index (κ1) is 29.0. The lowest BCUT2D eigenvalue weighted by atomic mass is 9.83. The van der Waals surface area contributed by atoms with Gasteiger partial charge in [0.25, 0.3) is 0 Å². The molecule has 0 heterocycles. The van der Waals surface area contributed by atoms with E-state index in [0.29, 0.717) is 11.8 Å². The minimum absolute atomic E-state index is 0.111. The Kier molecular flexibility index (Phi) is 16.2. The molecule has 0 saturated heterocycles. The number of ketones is 1. The second-order valence-electron chi connectivity index (χ2n) is 8.42. The van der Waals surface area contributed by atoms with Gasteiger partial charge in [-0.1, -0.05) is 87.3 Å². The molecule has 4 unspecified atom stereocenters. The number of carbonyl (C=O) groups is 1. The van der Waals surface area contributed by atoms with Crippen molar-refractivity contribution in [1.29, 1.82) is 0 Å². The van der Waals surface area contributed by atoms with Crippen LogP contribution in [-0.4, -0.2) is 5.78 Å². The fraction of sp³-hybridized carbons (Fsp3) is 0.720. The van der Waals surface area contributed by atoms with Crippen molar-refractivity contribution in [3.8, 4) is 0 Å². The molecule has 0 radical (unpaired) electrons. The van der Waals surface area contributed by atoms with Crippen LogP contribution in [0.2, 0.25) is 0 Å². The number of halogens is 2. The molecule has 0 aromatic rings. The summed E-state index contributed by atoms with van der Waals surface area (Å²) in [7, 11) is 0. The molecule has 0 spiro atoms. The summed E-state index contributed by atoms with van der Waals surface area (Å²) in [5.74, 6) is -1.06. The minimum Gasteiger partial charge on any atom is -0.294 e. The molecule has 0 aromatic carbocycles. The van der Waals surface area contributed by atoms with Crippen LogP contribution in [0.5, 0.6) is 0 Å². The normalized spacial score (nSPS) is 16.1. The van der Waals surface area contributed by atoms with Crippen LogP contribution in [0, 0.1) is 23.7 Å². The molecule has 0 aliphatic heterocycles. The van der Waals surface area contributed by atoms with E-state index >= 15 is 0 Å². The zero-order valence-electron chi connectivity index (χ0n) is 19.6. The average Bonchev–Trinajstić information content (AvgIpc) is 2.67. The van der Waals surface area contributed by atoms with Crippen molar-refractivity contribution < 1.29 is 13.6 Å². The molecule has 0 saturated carbocycles. The molecule has 0 aliphatic rings.